The number of carbonyl (C=O) groups excluding carboxylic acids is 3. The van der Waals surface area contributed by atoms with E-state index in [1.165, 1.54) is 40.8 Å². The van der Waals surface area contributed by atoms with E-state index in [1.807, 2.05) is 19.0 Å². The molecule has 1 atom stereocenters. The largest absolute Gasteiger partial charge is 0.347 e. The molecule has 1 unspecified atom stereocenters. The number of hydrogen-bond donors (Lipinski definition) is 4. The predicted molar refractivity (Wildman–Crippen MR) is 165 cm³/mol. The maximum Gasteiger partial charge on any atom is 0.271 e. The highest BCUT2D eigenvalue weighted by atomic mass is 35.5. The van der Waals surface area contributed by atoms with Crippen LogP contribution in [0.2, 0.25) is 10.0 Å². The van der Waals surface area contributed by atoms with E-state index in [0.29, 0.717) is 25.1 Å². The van der Waals surface area contributed by atoms with Crippen LogP contribution in [-0.2, 0) is 14.8 Å². The molecule has 1 saturated heterocycles. The SMILES string of the molecule is CN(C)C/C=C/C(=O)Nc1cccc(S(=O)(=O)N2CCCC(NC(=O)c3[nH]ncc3NC(=O)c3c(Cl)cccc3Cl)C2)c1. The van der Waals surface area contributed by atoms with E-state index in [-0.39, 0.29) is 50.9 Å². The van der Waals surface area contributed by atoms with Crippen LogP contribution in [0, 0.1) is 0 Å². The number of halogens is 2. The van der Waals surface area contributed by atoms with Crippen molar-refractivity contribution in [1.29, 1.82) is 0 Å². The summed E-state index contributed by atoms with van der Waals surface area (Å²) in [6, 6.07) is 10.2. The fourth-order valence-corrected chi connectivity index (χ4v) is 6.57. The number of rotatable bonds is 10. The summed E-state index contributed by atoms with van der Waals surface area (Å²) in [5.41, 5.74) is 0.485. The lowest BCUT2D eigenvalue weighted by Crippen LogP contribution is -2.49. The van der Waals surface area contributed by atoms with Gasteiger partial charge in [-0.1, -0.05) is 41.4 Å². The van der Waals surface area contributed by atoms with Crippen LogP contribution in [0.3, 0.4) is 0 Å². The normalized spacial score (nSPS) is 15.9. The van der Waals surface area contributed by atoms with Gasteiger partial charge >= 0.3 is 0 Å². The van der Waals surface area contributed by atoms with Crippen LogP contribution >= 0.6 is 23.2 Å². The van der Waals surface area contributed by atoms with E-state index in [4.69, 9.17) is 23.2 Å². The second-order valence-corrected chi connectivity index (χ2v) is 12.8. The van der Waals surface area contributed by atoms with Gasteiger partial charge in [-0.05, 0) is 57.3 Å². The molecule has 4 rings (SSSR count). The Morgan fingerprint density at radius 3 is 2.53 bits per heavy atom. The number of sulfonamides is 1. The van der Waals surface area contributed by atoms with Gasteiger partial charge in [0, 0.05) is 37.4 Å². The molecule has 0 spiro atoms. The molecule has 1 fully saturated rings. The molecule has 1 aliphatic rings. The number of hydrogen-bond acceptors (Lipinski definition) is 7. The molecule has 1 aliphatic heterocycles. The van der Waals surface area contributed by atoms with E-state index in [1.54, 1.807) is 24.3 Å². The fraction of sp³-hybridized carbons (Fsp3) is 0.286. The lowest BCUT2D eigenvalue weighted by atomic mass is 10.1. The van der Waals surface area contributed by atoms with E-state index < -0.39 is 27.9 Å². The Hall–Kier alpha value is -3.75. The molecular weight excluding hydrogens is 617 g/mol. The maximum atomic E-state index is 13.5. The second-order valence-electron chi connectivity index (χ2n) is 10.1. The quantitative estimate of drug-likeness (QED) is 0.245. The van der Waals surface area contributed by atoms with Crippen molar-refractivity contribution >= 4 is 62.3 Å². The van der Waals surface area contributed by atoms with Gasteiger partial charge in [-0.2, -0.15) is 9.40 Å². The summed E-state index contributed by atoms with van der Waals surface area (Å²) < 4.78 is 28.3. The number of likely N-dealkylation sites (N-methyl/N-ethyl adjacent to an activating group) is 1. The van der Waals surface area contributed by atoms with Crippen LogP contribution in [-0.4, -0.2) is 85.3 Å². The number of amides is 3. The summed E-state index contributed by atoms with van der Waals surface area (Å²) in [5, 5.41) is 14.8. The van der Waals surface area contributed by atoms with Gasteiger partial charge in [-0.3, -0.25) is 19.5 Å². The van der Waals surface area contributed by atoms with Gasteiger partial charge < -0.3 is 20.9 Å². The topological polar surface area (TPSA) is 157 Å². The van der Waals surface area contributed by atoms with E-state index in [0.717, 1.165) is 0 Å². The Kier molecular flexibility index (Phi) is 10.6. The van der Waals surface area contributed by atoms with Crippen molar-refractivity contribution in [3.8, 4) is 0 Å². The molecule has 43 heavy (non-hydrogen) atoms. The molecular formula is C28H31Cl2N7O5S. The molecule has 1 aromatic heterocycles. The minimum atomic E-state index is -3.93. The van der Waals surface area contributed by atoms with Crippen LogP contribution in [0.15, 0.2) is 65.7 Å². The minimum Gasteiger partial charge on any atom is -0.347 e. The van der Waals surface area contributed by atoms with E-state index >= 15 is 0 Å². The van der Waals surface area contributed by atoms with Crippen molar-refractivity contribution in [2.24, 2.45) is 0 Å². The number of anilines is 2. The van der Waals surface area contributed by atoms with Crippen LogP contribution in [0.25, 0.3) is 0 Å². The van der Waals surface area contributed by atoms with Gasteiger partial charge in [0.2, 0.25) is 15.9 Å². The molecule has 3 amide bonds. The average Bonchev–Trinajstić information content (AvgIpc) is 3.41. The summed E-state index contributed by atoms with van der Waals surface area (Å²) >= 11 is 12.2. The smallest absolute Gasteiger partial charge is 0.271 e. The van der Waals surface area contributed by atoms with Gasteiger partial charge in [-0.15, -0.1) is 0 Å². The summed E-state index contributed by atoms with van der Waals surface area (Å²) in [5.74, 6) is -1.57. The molecule has 0 saturated carbocycles. The first-order valence-corrected chi connectivity index (χ1v) is 15.5. The number of nitrogens with zero attached hydrogens (tertiary/aromatic N) is 3. The van der Waals surface area contributed by atoms with Crippen molar-refractivity contribution in [2.75, 3.05) is 44.4 Å². The molecule has 3 aromatic rings. The molecule has 2 heterocycles. The van der Waals surface area contributed by atoms with Crippen molar-refractivity contribution in [2.45, 2.75) is 23.8 Å². The third kappa shape index (κ3) is 8.21. The molecule has 12 nitrogen and oxygen atoms in total. The Morgan fingerprint density at radius 1 is 1.09 bits per heavy atom. The Balaban J connectivity index is 1.41. The van der Waals surface area contributed by atoms with Crippen LogP contribution in [0.1, 0.15) is 33.7 Å². The lowest BCUT2D eigenvalue weighted by molar-refractivity contribution is -0.111. The highest BCUT2D eigenvalue weighted by molar-refractivity contribution is 7.89. The molecule has 0 radical (unpaired) electrons. The van der Waals surface area contributed by atoms with Crippen molar-refractivity contribution in [1.82, 2.24) is 24.7 Å². The number of carbonyl (C=O) groups is 3. The molecule has 228 valence electrons. The number of piperidine rings is 1. The van der Waals surface area contributed by atoms with Gasteiger partial charge in [-0.25, -0.2) is 8.42 Å². The summed E-state index contributed by atoms with van der Waals surface area (Å²) in [6.07, 6.45) is 5.42. The fourth-order valence-electron chi connectivity index (χ4n) is 4.43. The monoisotopic (exact) mass is 647 g/mol. The third-order valence-corrected chi connectivity index (χ3v) is 8.99. The summed E-state index contributed by atoms with van der Waals surface area (Å²) in [7, 11) is -0.177. The second kappa shape index (κ2) is 14.1. The molecule has 4 N–H and O–H groups in total. The standard InChI is InChI=1S/C28H31Cl2N7O5S/c1-36(2)13-6-12-24(38)32-18-7-3-9-20(15-18)43(41,42)37-14-5-8-19(17-37)33-28(40)26-23(16-31-35-26)34-27(39)25-21(29)10-4-11-22(25)30/h3-4,6-7,9-12,15-16,19H,5,8,13-14,17H2,1-2H3,(H,31,35)(H,32,38)(H,33,40)(H,34,39)/b12-6+. The van der Waals surface area contributed by atoms with Crippen LogP contribution in [0.4, 0.5) is 11.4 Å². The minimum absolute atomic E-state index is 0.0143. The number of nitrogens with one attached hydrogen (secondary N) is 4. The highest BCUT2D eigenvalue weighted by Gasteiger charge is 2.32. The van der Waals surface area contributed by atoms with Gasteiger partial charge in [0.15, 0.2) is 0 Å². The van der Waals surface area contributed by atoms with Gasteiger partial charge in [0.1, 0.15) is 5.69 Å². The van der Waals surface area contributed by atoms with E-state index in [2.05, 4.69) is 26.1 Å². The molecule has 0 bridgehead atoms. The van der Waals surface area contributed by atoms with Crippen molar-refractivity contribution in [3.05, 3.63) is 82.1 Å². The zero-order valence-electron chi connectivity index (χ0n) is 23.4. The first-order valence-electron chi connectivity index (χ1n) is 13.3. The zero-order chi connectivity index (χ0) is 31.1. The maximum absolute atomic E-state index is 13.5. The molecule has 0 aliphatic carbocycles. The Morgan fingerprint density at radius 2 is 1.81 bits per heavy atom. The first kappa shape index (κ1) is 32.2. The lowest BCUT2D eigenvalue weighted by Gasteiger charge is -2.32. The number of benzene rings is 2. The number of H-pyrrole nitrogens is 1. The first-order chi connectivity index (χ1) is 20.5. The Bertz CT molecular complexity index is 1620. The van der Waals surface area contributed by atoms with Crippen LogP contribution in [0.5, 0.6) is 0 Å². The average molecular weight is 649 g/mol. The number of aromatic amines is 1. The Labute approximate surface area is 259 Å². The number of aromatic nitrogens is 2. The third-order valence-electron chi connectivity index (χ3n) is 6.50. The summed E-state index contributed by atoms with van der Waals surface area (Å²) in [6.45, 7) is 0.883. The molecule has 15 heteroatoms. The van der Waals surface area contributed by atoms with Gasteiger partial charge in [0.05, 0.1) is 32.4 Å². The van der Waals surface area contributed by atoms with Crippen molar-refractivity contribution in [3.63, 3.8) is 0 Å². The van der Waals surface area contributed by atoms with E-state index in [9.17, 15) is 22.8 Å². The predicted octanol–water partition coefficient (Wildman–Crippen LogP) is 3.61. The zero-order valence-corrected chi connectivity index (χ0v) is 25.8. The van der Waals surface area contributed by atoms with Crippen LogP contribution < -0.4 is 16.0 Å². The summed E-state index contributed by atoms with van der Waals surface area (Å²) in [4.78, 5) is 40.1. The van der Waals surface area contributed by atoms with Gasteiger partial charge in [0.25, 0.3) is 11.8 Å². The molecule has 2 aromatic carbocycles. The highest BCUT2D eigenvalue weighted by Crippen LogP contribution is 2.26. The van der Waals surface area contributed by atoms with Crippen molar-refractivity contribution < 1.29 is 22.8 Å².